The molecule has 0 aromatic heterocycles. The Bertz CT molecular complexity index is 363. The SMILES string of the molecule is CCOC(=O)/C=C\Sc1ccccc1N. The molecule has 0 fully saturated rings. The van der Waals surface area contributed by atoms with Crippen molar-refractivity contribution in [3.05, 3.63) is 35.7 Å². The fourth-order valence-corrected chi connectivity index (χ4v) is 1.63. The van der Waals surface area contributed by atoms with Gasteiger partial charge in [0.25, 0.3) is 0 Å². The summed E-state index contributed by atoms with van der Waals surface area (Å²) in [5.74, 6) is -0.334. The van der Waals surface area contributed by atoms with Gasteiger partial charge in [-0.25, -0.2) is 4.79 Å². The summed E-state index contributed by atoms with van der Waals surface area (Å²) in [6, 6.07) is 7.49. The first-order valence-corrected chi connectivity index (χ1v) is 5.46. The molecule has 80 valence electrons. The zero-order valence-corrected chi connectivity index (χ0v) is 9.29. The summed E-state index contributed by atoms with van der Waals surface area (Å²) >= 11 is 1.39. The standard InChI is InChI=1S/C11H13NO2S/c1-2-14-11(13)7-8-15-10-6-4-3-5-9(10)12/h3-8H,2,12H2,1H3/b8-7-. The second-order valence-corrected chi connectivity index (χ2v) is 3.66. The van der Waals surface area contributed by atoms with Crippen LogP contribution in [0.15, 0.2) is 40.6 Å². The Morgan fingerprint density at radius 1 is 1.53 bits per heavy atom. The van der Waals surface area contributed by atoms with Crippen LogP contribution in [-0.4, -0.2) is 12.6 Å². The van der Waals surface area contributed by atoms with Crippen molar-refractivity contribution in [3.63, 3.8) is 0 Å². The van der Waals surface area contributed by atoms with E-state index >= 15 is 0 Å². The quantitative estimate of drug-likeness (QED) is 0.368. The smallest absolute Gasteiger partial charge is 0.331 e. The molecule has 1 aromatic carbocycles. The van der Waals surface area contributed by atoms with E-state index in [1.165, 1.54) is 17.8 Å². The fraction of sp³-hybridized carbons (Fsp3) is 0.182. The van der Waals surface area contributed by atoms with Gasteiger partial charge in [-0.1, -0.05) is 23.9 Å². The van der Waals surface area contributed by atoms with Crippen molar-refractivity contribution in [2.24, 2.45) is 0 Å². The first-order valence-electron chi connectivity index (χ1n) is 4.58. The third-order valence-electron chi connectivity index (χ3n) is 1.60. The van der Waals surface area contributed by atoms with E-state index in [9.17, 15) is 4.79 Å². The van der Waals surface area contributed by atoms with E-state index in [-0.39, 0.29) is 5.97 Å². The number of rotatable bonds is 4. The van der Waals surface area contributed by atoms with Crippen LogP contribution in [0.25, 0.3) is 0 Å². The van der Waals surface area contributed by atoms with Gasteiger partial charge in [-0.05, 0) is 24.5 Å². The van der Waals surface area contributed by atoms with Crippen molar-refractivity contribution in [3.8, 4) is 0 Å². The minimum Gasteiger partial charge on any atom is -0.463 e. The molecule has 15 heavy (non-hydrogen) atoms. The van der Waals surface area contributed by atoms with Crippen LogP contribution in [-0.2, 0) is 9.53 Å². The fourth-order valence-electron chi connectivity index (χ4n) is 0.941. The molecular weight excluding hydrogens is 210 g/mol. The van der Waals surface area contributed by atoms with Crippen LogP contribution in [0.1, 0.15) is 6.92 Å². The number of carbonyl (C=O) groups excluding carboxylic acids is 1. The first-order chi connectivity index (χ1) is 7.24. The minimum absolute atomic E-state index is 0.334. The Labute approximate surface area is 93.3 Å². The topological polar surface area (TPSA) is 52.3 Å². The Morgan fingerprint density at radius 3 is 2.93 bits per heavy atom. The van der Waals surface area contributed by atoms with Crippen molar-refractivity contribution >= 4 is 23.4 Å². The number of ether oxygens (including phenoxy) is 1. The molecule has 0 radical (unpaired) electrons. The highest BCUT2D eigenvalue weighted by atomic mass is 32.2. The number of nitrogens with two attached hydrogens (primary N) is 1. The number of nitrogen functional groups attached to an aromatic ring is 1. The van der Waals surface area contributed by atoms with E-state index in [1.54, 1.807) is 12.3 Å². The number of hydrogen-bond acceptors (Lipinski definition) is 4. The molecule has 0 spiro atoms. The monoisotopic (exact) mass is 223 g/mol. The van der Waals surface area contributed by atoms with E-state index in [2.05, 4.69) is 0 Å². The van der Waals surface area contributed by atoms with Crippen molar-refractivity contribution in [2.45, 2.75) is 11.8 Å². The van der Waals surface area contributed by atoms with Crippen molar-refractivity contribution in [2.75, 3.05) is 12.3 Å². The normalized spacial score (nSPS) is 10.5. The van der Waals surface area contributed by atoms with Crippen molar-refractivity contribution in [1.82, 2.24) is 0 Å². The maximum Gasteiger partial charge on any atom is 0.331 e. The third kappa shape index (κ3) is 4.08. The summed E-state index contributed by atoms with van der Waals surface area (Å²) in [5, 5.41) is 1.67. The molecule has 0 amide bonds. The lowest BCUT2D eigenvalue weighted by molar-refractivity contribution is -0.137. The predicted octanol–water partition coefficient (Wildman–Crippen LogP) is 2.44. The molecule has 0 saturated heterocycles. The highest BCUT2D eigenvalue weighted by Gasteiger charge is 1.96. The number of hydrogen-bond donors (Lipinski definition) is 1. The second-order valence-electron chi connectivity index (χ2n) is 2.71. The van der Waals surface area contributed by atoms with E-state index in [0.29, 0.717) is 12.3 Å². The average Bonchev–Trinajstić information content (AvgIpc) is 2.21. The summed E-state index contributed by atoms with van der Waals surface area (Å²) in [7, 11) is 0. The van der Waals surface area contributed by atoms with Gasteiger partial charge in [0, 0.05) is 16.7 Å². The molecular formula is C11H13NO2S. The Kier molecular flexibility index (Phi) is 4.77. The largest absolute Gasteiger partial charge is 0.463 e. The summed E-state index contributed by atoms with van der Waals surface area (Å²) in [4.78, 5) is 11.9. The molecule has 0 aliphatic rings. The van der Waals surface area contributed by atoms with Gasteiger partial charge in [-0.15, -0.1) is 0 Å². The zero-order chi connectivity index (χ0) is 11.1. The summed E-state index contributed by atoms with van der Waals surface area (Å²) < 4.78 is 4.74. The van der Waals surface area contributed by atoms with E-state index in [4.69, 9.17) is 10.5 Å². The van der Waals surface area contributed by atoms with Crippen molar-refractivity contribution in [1.29, 1.82) is 0 Å². The molecule has 0 atom stereocenters. The van der Waals surface area contributed by atoms with Crippen LogP contribution in [0, 0.1) is 0 Å². The lowest BCUT2D eigenvalue weighted by Crippen LogP contribution is -1.98. The number of carbonyl (C=O) groups is 1. The van der Waals surface area contributed by atoms with Gasteiger partial charge in [0.2, 0.25) is 0 Å². The molecule has 2 N–H and O–H groups in total. The van der Waals surface area contributed by atoms with Crippen LogP contribution < -0.4 is 5.73 Å². The van der Waals surface area contributed by atoms with Crippen LogP contribution in [0.3, 0.4) is 0 Å². The summed E-state index contributed by atoms with van der Waals surface area (Å²) in [6.45, 7) is 2.16. The maximum absolute atomic E-state index is 11.0. The van der Waals surface area contributed by atoms with Crippen LogP contribution in [0.2, 0.25) is 0 Å². The van der Waals surface area contributed by atoms with Crippen LogP contribution >= 0.6 is 11.8 Å². The summed E-state index contributed by atoms with van der Waals surface area (Å²) in [6.07, 6.45) is 1.39. The highest BCUT2D eigenvalue weighted by Crippen LogP contribution is 2.24. The van der Waals surface area contributed by atoms with Gasteiger partial charge in [0.05, 0.1) is 6.61 Å². The number of thioether (sulfide) groups is 1. The van der Waals surface area contributed by atoms with Gasteiger partial charge < -0.3 is 10.5 Å². The van der Waals surface area contributed by atoms with Gasteiger partial charge >= 0.3 is 5.97 Å². The summed E-state index contributed by atoms with van der Waals surface area (Å²) in [5.41, 5.74) is 6.43. The molecule has 0 aliphatic heterocycles. The van der Waals surface area contributed by atoms with Crippen molar-refractivity contribution < 1.29 is 9.53 Å². The average molecular weight is 223 g/mol. The molecule has 4 heteroatoms. The number of para-hydroxylation sites is 1. The highest BCUT2D eigenvalue weighted by molar-refractivity contribution is 8.02. The second kappa shape index (κ2) is 6.14. The molecule has 3 nitrogen and oxygen atoms in total. The van der Waals surface area contributed by atoms with Gasteiger partial charge in [-0.3, -0.25) is 0 Å². The molecule has 0 bridgehead atoms. The van der Waals surface area contributed by atoms with Gasteiger partial charge in [0.1, 0.15) is 0 Å². The lowest BCUT2D eigenvalue weighted by atomic mass is 10.3. The molecule has 0 heterocycles. The Balaban J connectivity index is 2.50. The van der Waals surface area contributed by atoms with Crippen LogP contribution in [0.5, 0.6) is 0 Å². The third-order valence-corrected chi connectivity index (χ3v) is 2.50. The predicted molar refractivity (Wildman–Crippen MR) is 62.5 cm³/mol. The molecule has 0 unspecified atom stereocenters. The van der Waals surface area contributed by atoms with E-state index in [0.717, 1.165) is 4.90 Å². The molecule has 0 saturated carbocycles. The molecule has 1 rings (SSSR count). The minimum atomic E-state index is -0.334. The lowest BCUT2D eigenvalue weighted by Gasteiger charge is -2.00. The maximum atomic E-state index is 11.0. The number of anilines is 1. The molecule has 1 aromatic rings. The first kappa shape index (κ1) is 11.7. The van der Waals surface area contributed by atoms with E-state index < -0.39 is 0 Å². The van der Waals surface area contributed by atoms with E-state index in [1.807, 2.05) is 24.3 Å². The molecule has 0 aliphatic carbocycles. The van der Waals surface area contributed by atoms with Gasteiger partial charge in [0.15, 0.2) is 0 Å². The Morgan fingerprint density at radius 2 is 2.27 bits per heavy atom. The Hall–Kier alpha value is -1.42. The number of benzene rings is 1. The zero-order valence-electron chi connectivity index (χ0n) is 8.47. The van der Waals surface area contributed by atoms with Crippen LogP contribution in [0.4, 0.5) is 5.69 Å². The van der Waals surface area contributed by atoms with Gasteiger partial charge in [-0.2, -0.15) is 0 Å². The number of esters is 1.